The summed E-state index contributed by atoms with van der Waals surface area (Å²) >= 11 is 1.40. The molecule has 1 aromatic heterocycles. The minimum Gasteiger partial charge on any atom is -0.378 e. The van der Waals surface area contributed by atoms with E-state index in [0.717, 1.165) is 30.2 Å². The van der Waals surface area contributed by atoms with Gasteiger partial charge in [0.15, 0.2) is 5.13 Å². The zero-order valence-corrected chi connectivity index (χ0v) is 14.8. The van der Waals surface area contributed by atoms with Crippen molar-refractivity contribution in [2.24, 2.45) is 0 Å². The number of carbonyl (C=O) groups is 2. The number of nitrogens with zero attached hydrogens (tertiary/aromatic N) is 2. The lowest BCUT2D eigenvalue weighted by molar-refractivity contribution is 0.0844. The van der Waals surface area contributed by atoms with E-state index < -0.39 is 5.91 Å². The van der Waals surface area contributed by atoms with Crippen molar-refractivity contribution in [3.05, 3.63) is 46.5 Å². The summed E-state index contributed by atoms with van der Waals surface area (Å²) in [5, 5.41) is 2.47. The molecule has 1 aromatic carbocycles. The molecule has 25 heavy (non-hydrogen) atoms. The van der Waals surface area contributed by atoms with Crippen molar-refractivity contribution < 1.29 is 14.3 Å². The predicted molar refractivity (Wildman–Crippen MR) is 95.9 cm³/mol. The molecule has 2 heterocycles. The number of carbonyl (C=O) groups excluding carboxylic acids is 2. The zero-order valence-electron chi connectivity index (χ0n) is 13.9. The summed E-state index contributed by atoms with van der Waals surface area (Å²) in [5.74, 6) is -0.797. The summed E-state index contributed by atoms with van der Waals surface area (Å²) in [6.45, 7) is 4.90. The lowest BCUT2D eigenvalue weighted by Gasteiger charge is -2.25. The molecule has 0 bridgehead atoms. The van der Waals surface area contributed by atoms with Crippen LogP contribution >= 0.6 is 11.3 Å². The SMILES string of the molecule is CCc1ccc(C(=O)NNC(=O)c2csc(N3CCOCC3)n2)cc1. The number of aryl methyl sites for hydroxylation is 1. The number of nitrogens with one attached hydrogen (secondary N) is 2. The largest absolute Gasteiger partial charge is 0.378 e. The Kier molecular flexibility index (Phi) is 5.62. The molecule has 1 saturated heterocycles. The highest BCUT2D eigenvalue weighted by Gasteiger charge is 2.18. The molecule has 1 aliphatic heterocycles. The van der Waals surface area contributed by atoms with Crippen molar-refractivity contribution in [2.45, 2.75) is 13.3 Å². The second-order valence-corrected chi connectivity index (χ2v) is 6.41. The first-order valence-electron chi connectivity index (χ1n) is 8.15. The van der Waals surface area contributed by atoms with E-state index in [4.69, 9.17) is 4.74 Å². The number of ether oxygens (including phenoxy) is 1. The van der Waals surface area contributed by atoms with E-state index >= 15 is 0 Å². The van der Waals surface area contributed by atoms with Crippen LogP contribution < -0.4 is 15.8 Å². The standard InChI is InChI=1S/C17H20N4O3S/c1-2-12-3-5-13(6-4-12)15(22)19-20-16(23)14-11-25-17(18-14)21-7-9-24-10-8-21/h3-6,11H,2,7-10H2,1H3,(H,19,22)(H,20,23). The summed E-state index contributed by atoms with van der Waals surface area (Å²) in [6.07, 6.45) is 0.911. The number of hydrazine groups is 1. The summed E-state index contributed by atoms with van der Waals surface area (Å²) in [4.78, 5) is 30.6. The molecule has 0 unspecified atom stereocenters. The van der Waals surface area contributed by atoms with E-state index in [1.807, 2.05) is 19.1 Å². The molecule has 2 aromatic rings. The summed E-state index contributed by atoms with van der Waals surface area (Å²) in [6, 6.07) is 7.26. The van der Waals surface area contributed by atoms with Crippen molar-refractivity contribution >= 4 is 28.3 Å². The van der Waals surface area contributed by atoms with Gasteiger partial charge in [-0.2, -0.15) is 0 Å². The van der Waals surface area contributed by atoms with Crippen LogP contribution in [0.5, 0.6) is 0 Å². The lowest BCUT2D eigenvalue weighted by atomic mass is 10.1. The number of thiazole rings is 1. The average molecular weight is 360 g/mol. The maximum Gasteiger partial charge on any atom is 0.289 e. The average Bonchev–Trinajstić information content (AvgIpc) is 3.17. The van der Waals surface area contributed by atoms with Crippen molar-refractivity contribution in [2.75, 3.05) is 31.2 Å². The molecule has 0 spiro atoms. The lowest BCUT2D eigenvalue weighted by Crippen LogP contribution is -2.41. The Morgan fingerprint density at radius 1 is 1.16 bits per heavy atom. The molecule has 8 heteroatoms. The summed E-state index contributed by atoms with van der Waals surface area (Å²) < 4.78 is 5.31. The van der Waals surface area contributed by atoms with Gasteiger partial charge >= 0.3 is 0 Å². The van der Waals surface area contributed by atoms with Gasteiger partial charge in [0.05, 0.1) is 13.2 Å². The minimum absolute atomic E-state index is 0.285. The topological polar surface area (TPSA) is 83.6 Å². The van der Waals surface area contributed by atoms with Crippen LogP contribution in [0.25, 0.3) is 0 Å². The molecule has 132 valence electrons. The van der Waals surface area contributed by atoms with Crippen LogP contribution in [0.3, 0.4) is 0 Å². The highest BCUT2D eigenvalue weighted by molar-refractivity contribution is 7.13. The molecular weight excluding hydrogens is 340 g/mol. The molecule has 0 saturated carbocycles. The van der Waals surface area contributed by atoms with E-state index in [2.05, 4.69) is 20.7 Å². The van der Waals surface area contributed by atoms with E-state index in [-0.39, 0.29) is 11.6 Å². The van der Waals surface area contributed by atoms with Crippen LogP contribution in [0.2, 0.25) is 0 Å². The Bertz CT molecular complexity index is 739. The van der Waals surface area contributed by atoms with Gasteiger partial charge in [-0.3, -0.25) is 20.4 Å². The maximum atomic E-state index is 12.2. The van der Waals surface area contributed by atoms with Gasteiger partial charge in [0, 0.05) is 24.0 Å². The van der Waals surface area contributed by atoms with Crippen molar-refractivity contribution in [3.8, 4) is 0 Å². The van der Waals surface area contributed by atoms with E-state index in [1.165, 1.54) is 11.3 Å². The first-order chi connectivity index (χ1) is 12.2. The van der Waals surface area contributed by atoms with Crippen LogP contribution in [-0.2, 0) is 11.2 Å². The van der Waals surface area contributed by atoms with Gasteiger partial charge in [-0.25, -0.2) is 4.98 Å². The van der Waals surface area contributed by atoms with Gasteiger partial charge in [-0.1, -0.05) is 19.1 Å². The Morgan fingerprint density at radius 3 is 2.52 bits per heavy atom. The van der Waals surface area contributed by atoms with Crippen LogP contribution in [0.1, 0.15) is 33.3 Å². The normalized spacial score (nSPS) is 14.2. The van der Waals surface area contributed by atoms with Gasteiger partial charge in [0.2, 0.25) is 0 Å². The zero-order chi connectivity index (χ0) is 17.6. The number of anilines is 1. The molecule has 1 fully saturated rings. The van der Waals surface area contributed by atoms with E-state index in [0.29, 0.717) is 18.8 Å². The highest BCUT2D eigenvalue weighted by atomic mass is 32.1. The van der Waals surface area contributed by atoms with Gasteiger partial charge in [0.25, 0.3) is 11.8 Å². The Balaban J connectivity index is 1.55. The van der Waals surface area contributed by atoms with Crippen LogP contribution in [0, 0.1) is 0 Å². The third-order valence-electron chi connectivity index (χ3n) is 3.92. The van der Waals surface area contributed by atoms with Gasteiger partial charge < -0.3 is 9.64 Å². The fourth-order valence-corrected chi connectivity index (χ4v) is 3.27. The number of aromatic nitrogens is 1. The molecule has 0 atom stereocenters. The molecular formula is C17H20N4O3S. The first kappa shape index (κ1) is 17.4. The Hall–Kier alpha value is -2.45. The third-order valence-corrected chi connectivity index (χ3v) is 4.82. The fraction of sp³-hybridized carbons (Fsp3) is 0.353. The molecule has 1 aliphatic rings. The number of amides is 2. The van der Waals surface area contributed by atoms with Gasteiger partial charge in [-0.15, -0.1) is 11.3 Å². The third kappa shape index (κ3) is 4.34. The van der Waals surface area contributed by atoms with Gasteiger partial charge in [-0.05, 0) is 24.1 Å². The molecule has 2 N–H and O–H groups in total. The van der Waals surface area contributed by atoms with E-state index in [9.17, 15) is 9.59 Å². The number of rotatable bonds is 4. The number of benzene rings is 1. The molecule has 0 radical (unpaired) electrons. The van der Waals surface area contributed by atoms with Crippen LogP contribution in [0.15, 0.2) is 29.6 Å². The second kappa shape index (κ2) is 8.09. The highest BCUT2D eigenvalue weighted by Crippen LogP contribution is 2.21. The van der Waals surface area contributed by atoms with Crippen LogP contribution in [-0.4, -0.2) is 43.1 Å². The Morgan fingerprint density at radius 2 is 1.84 bits per heavy atom. The smallest absolute Gasteiger partial charge is 0.289 e. The molecule has 2 amide bonds. The Labute approximate surface area is 150 Å². The number of hydrogen-bond donors (Lipinski definition) is 2. The quantitative estimate of drug-likeness (QED) is 0.810. The first-order valence-corrected chi connectivity index (χ1v) is 9.03. The minimum atomic E-state index is -0.436. The summed E-state index contributed by atoms with van der Waals surface area (Å²) in [7, 11) is 0. The van der Waals surface area contributed by atoms with Crippen molar-refractivity contribution in [1.29, 1.82) is 0 Å². The number of hydrogen-bond acceptors (Lipinski definition) is 6. The molecule has 7 nitrogen and oxygen atoms in total. The predicted octanol–water partition coefficient (Wildman–Crippen LogP) is 1.62. The second-order valence-electron chi connectivity index (χ2n) is 5.57. The summed E-state index contributed by atoms with van der Waals surface area (Å²) in [5.41, 5.74) is 6.75. The van der Waals surface area contributed by atoms with Crippen molar-refractivity contribution in [1.82, 2.24) is 15.8 Å². The molecule has 3 rings (SSSR count). The maximum absolute atomic E-state index is 12.2. The van der Waals surface area contributed by atoms with E-state index in [1.54, 1.807) is 17.5 Å². The van der Waals surface area contributed by atoms with Crippen LogP contribution in [0.4, 0.5) is 5.13 Å². The van der Waals surface area contributed by atoms with Crippen molar-refractivity contribution in [3.63, 3.8) is 0 Å². The number of morpholine rings is 1. The van der Waals surface area contributed by atoms with Gasteiger partial charge in [0.1, 0.15) is 5.69 Å². The fourth-order valence-electron chi connectivity index (χ4n) is 2.41. The molecule has 0 aliphatic carbocycles. The monoisotopic (exact) mass is 360 g/mol.